The molecule has 0 saturated carbocycles. The molecular weight excluding hydrogens is 373 g/mol. The highest BCUT2D eigenvalue weighted by molar-refractivity contribution is 9.10. The third-order valence-electron chi connectivity index (χ3n) is 3.51. The molecule has 1 aromatic heterocycles. The number of rotatable bonds is 2. The van der Waals surface area contributed by atoms with Crippen molar-refractivity contribution in [2.24, 2.45) is 0 Å². The fraction of sp³-hybridized carbons (Fsp3) is 0.200. The Bertz CT molecular complexity index is 829. The number of nitrogens with zero attached hydrogens (tertiary/aromatic N) is 3. The fourth-order valence-electron chi connectivity index (χ4n) is 2.42. The number of hydrogen-bond donors (Lipinski definition) is 0. The first kappa shape index (κ1) is 14.8. The van der Waals surface area contributed by atoms with Gasteiger partial charge in [0.15, 0.2) is 0 Å². The fourth-order valence-corrected chi connectivity index (χ4v) is 3.55. The van der Waals surface area contributed by atoms with Gasteiger partial charge in [-0.3, -0.25) is 0 Å². The van der Waals surface area contributed by atoms with E-state index >= 15 is 0 Å². The maximum Gasteiger partial charge on any atom is 0.116 e. The zero-order valence-corrected chi connectivity index (χ0v) is 14.5. The quantitative estimate of drug-likeness (QED) is 0.590. The molecular formula is C15H12BrCl2N3. The maximum absolute atomic E-state index is 6.30. The molecule has 0 unspecified atom stereocenters. The van der Waals surface area contributed by atoms with E-state index in [9.17, 15) is 0 Å². The van der Waals surface area contributed by atoms with Crippen molar-refractivity contribution in [3.8, 4) is 0 Å². The highest BCUT2D eigenvalue weighted by Gasteiger charge is 2.17. The summed E-state index contributed by atoms with van der Waals surface area (Å²) in [6.45, 7) is 4.06. The number of hydrogen-bond acceptors (Lipinski definition) is 2. The van der Waals surface area contributed by atoms with Crippen LogP contribution < -0.4 is 0 Å². The van der Waals surface area contributed by atoms with Crippen molar-refractivity contribution in [3.63, 3.8) is 0 Å². The van der Waals surface area contributed by atoms with Crippen molar-refractivity contribution in [1.29, 1.82) is 0 Å². The van der Waals surface area contributed by atoms with E-state index < -0.39 is 0 Å². The van der Waals surface area contributed by atoms with E-state index in [4.69, 9.17) is 23.2 Å². The van der Waals surface area contributed by atoms with Crippen molar-refractivity contribution < 1.29 is 0 Å². The van der Waals surface area contributed by atoms with Gasteiger partial charge < -0.3 is 0 Å². The van der Waals surface area contributed by atoms with Gasteiger partial charge in [-0.15, -0.1) is 5.10 Å². The molecule has 0 aliphatic rings. The van der Waals surface area contributed by atoms with Crippen LogP contribution in [0.4, 0.5) is 0 Å². The highest BCUT2D eigenvalue weighted by atomic mass is 79.9. The average molecular weight is 385 g/mol. The van der Waals surface area contributed by atoms with E-state index in [2.05, 4.69) is 26.2 Å². The molecule has 3 nitrogen and oxygen atoms in total. The van der Waals surface area contributed by atoms with Crippen LogP contribution in [0.1, 0.15) is 24.1 Å². The van der Waals surface area contributed by atoms with E-state index in [1.54, 1.807) is 6.07 Å². The summed E-state index contributed by atoms with van der Waals surface area (Å²) < 4.78 is 2.88. The first-order valence-corrected chi connectivity index (χ1v) is 7.98. The van der Waals surface area contributed by atoms with Gasteiger partial charge in [0, 0.05) is 14.5 Å². The Morgan fingerprint density at radius 2 is 1.95 bits per heavy atom. The van der Waals surface area contributed by atoms with Gasteiger partial charge in [0.2, 0.25) is 0 Å². The molecule has 1 heterocycles. The Balaban J connectivity index is 2.15. The molecule has 6 heteroatoms. The van der Waals surface area contributed by atoms with Crippen LogP contribution in [0, 0.1) is 6.92 Å². The number of aromatic nitrogens is 3. The molecule has 1 atom stereocenters. The van der Waals surface area contributed by atoms with Gasteiger partial charge in [-0.1, -0.05) is 50.4 Å². The van der Waals surface area contributed by atoms with Gasteiger partial charge in [-0.25, -0.2) is 4.68 Å². The molecule has 2 aromatic carbocycles. The standard InChI is InChI=1S/C15H12BrCl2N3/c1-8-5-10(16)6-14-15(8)19-20-21(14)9(2)12-4-3-11(17)7-13(12)18/h3-7,9H,1-2H3/t9-/m1/s1. The summed E-state index contributed by atoms with van der Waals surface area (Å²) in [6.07, 6.45) is 0. The second-order valence-corrected chi connectivity index (χ2v) is 6.73. The molecule has 0 amide bonds. The summed E-state index contributed by atoms with van der Waals surface area (Å²) >= 11 is 15.8. The van der Waals surface area contributed by atoms with Crippen molar-refractivity contribution in [1.82, 2.24) is 15.0 Å². The predicted octanol–water partition coefficient (Wildman–Crippen LogP) is 5.42. The third kappa shape index (κ3) is 2.68. The van der Waals surface area contributed by atoms with Crippen molar-refractivity contribution in [3.05, 3.63) is 56.0 Å². The largest absolute Gasteiger partial charge is 0.237 e. The topological polar surface area (TPSA) is 30.7 Å². The van der Waals surface area contributed by atoms with Crippen LogP contribution in [0.2, 0.25) is 10.0 Å². The molecule has 3 aromatic rings. The molecule has 108 valence electrons. The van der Waals surface area contributed by atoms with Crippen LogP contribution in [0.5, 0.6) is 0 Å². The number of halogens is 3. The van der Waals surface area contributed by atoms with Gasteiger partial charge in [0.1, 0.15) is 5.52 Å². The Morgan fingerprint density at radius 3 is 2.67 bits per heavy atom. The summed E-state index contributed by atoms with van der Waals surface area (Å²) in [5.41, 5.74) is 3.92. The van der Waals surface area contributed by atoms with Crippen LogP contribution in [0.3, 0.4) is 0 Å². The van der Waals surface area contributed by atoms with Gasteiger partial charge in [-0.05, 0) is 49.2 Å². The van der Waals surface area contributed by atoms with Crippen LogP contribution in [0.15, 0.2) is 34.8 Å². The molecule has 0 aliphatic heterocycles. The maximum atomic E-state index is 6.30. The minimum Gasteiger partial charge on any atom is -0.237 e. The summed E-state index contributed by atoms with van der Waals surface area (Å²) in [4.78, 5) is 0. The Morgan fingerprint density at radius 1 is 1.19 bits per heavy atom. The molecule has 0 N–H and O–H groups in total. The highest BCUT2D eigenvalue weighted by Crippen LogP contribution is 2.31. The molecule has 21 heavy (non-hydrogen) atoms. The zero-order chi connectivity index (χ0) is 15.1. The van der Waals surface area contributed by atoms with Crippen LogP contribution >= 0.6 is 39.1 Å². The summed E-state index contributed by atoms with van der Waals surface area (Å²) in [5, 5.41) is 9.82. The summed E-state index contributed by atoms with van der Waals surface area (Å²) in [5.74, 6) is 0. The molecule has 0 spiro atoms. The third-order valence-corrected chi connectivity index (χ3v) is 4.53. The number of aryl methyl sites for hydroxylation is 1. The summed E-state index contributed by atoms with van der Waals surface area (Å²) in [7, 11) is 0. The average Bonchev–Trinajstić information content (AvgIpc) is 2.82. The smallest absolute Gasteiger partial charge is 0.116 e. The Kier molecular flexibility index (Phi) is 3.95. The lowest BCUT2D eigenvalue weighted by Crippen LogP contribution is -2.09. The molecule has 0 fully saturated rings. The minimum atomic E-state index is -0.0338. The van der Waals surface area contributed by atoms with Gasteiger partial charge in [-0.2, -0.15) is 0 Å². The predicted molar refractivity (Wildman–Crippen MR) is 90.2 cm³/mol. The molecule has 0 bridgehead atoms. The zero-order valence-electron chi connectivity index (χ0n) is 11.4. The van der Waals surface area contributed by atoms with E-state index in [1.165, 1.54) is 0 Å². The van der Waals surface area contributed by atoms with E-state index in [1.807, 2.05) is 42.8 Å². The lowest BCUT2D eigenvalue weighted by atomic mass is 10.1. The minimum absolute atomic E-state index is 0.0338. The van der Waals surface area contributed by atoms with Crippen LogP contribution in [-0.4, -0.2) is 15.0 Å². The Hall–Kier alpha value is -1.10. The summed E-state index contributed by atoms with van der Waals surface area (Å²) in [6, 6.07) is 9.51. The van der Waals surface area contributed by atoms with E-state index in [0.29, 0.717) is 10.0 Å². The SMILES string of the molecule is Cc1cc(Br)cc2c1nnn2[C@H](C)c1ccc(Cl)cc1Cl. The first-order valence-electron chi connectivity index (χ1n) is 6.43. The van der Waals surface area contributed by atoms with Crippen molar-refractivity contribution >= 4 is 50.2 Å². The monoisotopic (exact) mass is 383 g/mol. The van der Waals surface area contributed by atoms with E-state index in [-0.39, 0.29) is 6.04 Å². The lowest BCUT2D eigenvalue weighted by molar-refractivity contribution is 0.560. The second-order valence-electron chi connectivity index (χ2n) is 4.97. The van der Waals surface area contributed by atoms with Crippen molar-refractivity contribution in [2.45, 2.75) is 19.9 Å². The number of benzene rings is 2. The normalized spacial score (nSPS) is 12.8. The van der Waals surface area contributed by atoms with Gasteiger partial charge >= 0.3 is 0 Å². The number of fused-ring (bicyclic) bond motifs is 1. The molecule has 0 saturated heterocycles. The van der Waals surface area contributed by atoms with Gasteiger partial charge in [0.25, 0.3) is 0 Å². The molecule has 3 rings (SSSR count). The molecule has 0 aliphatic carbocycles. The van der Waals surface area contributed by atoms with Crippen LogP contribution in [0.25, 0.3) is 11.0 Å². The van der Waals surface area contributed by atoms with Crippen molar-refractivity contribution in [2.75, 3.05) is 0 Å². The van der Waals surface area contributed by atoms with Gasteiger partial charge in [0.05, 0.1) is 11.6 Å². The second kappa shape index (κ2) is 5.59. The first-order chi connectivity index (χ1) is 9.97. The van der Waals surface area contributed by atoms with Crippen LogP contribution in [-0.2, 0) is 0 Å². The lowest BCUT2D eigenvalue weighted by Gasteiger charge is -2.15. The Labute approximate surface area is 141 Å². The van der Waals surface area contributed by atoms with E-state index in [0.717, 1.165) is 26.6 Å². The molecule has 0 radical (unpaired) electrons.